The number of hydrogen-bond acceptors (Lipinski definition) is 7. The number of nitrogens with one attached hydrogen (secondary N) is 1. The molecule has 1 unspecified atom stereocenters. The molecule has 1 aromatic carbocycles. The number of carbonyl (C=O) groups is 2. The zero-order valence-electron chi connectivity index (χ0n) is 15.4. The fourth-order valence-electron chi connectivity index (χ4n) is 3.24. The highest BCUT2D eigenvalue weighted by atomic mass is 35.5. The summed E-state index contributed by atoms with van der Waals surface area (Å²) >= 11 is 7.23. The number of halogens is 1. The summed E-state index contributed by atoms with van der Waals surface area (Å²) in [6.45, 7) is 0.564. The van der Waals surface area contributed by atoms with Crippen molar-refractivity contribution in [3.05, 3.63) is 46.8 Å². The van der Waals surface area contributed by atoms with Crippen LogP contribution in [-0.4, -0.2) is 44.4 Å². The summed E-state index contributed by atoms with van der Waals surface area (Å²) in [5.41, 5.74) is 0.786. The van der Waals surface area contributed by atoms with Crippen molar-refractivity contribution in [2.24, 2.45) is 0 Å². The van der Waals surface area contributed by atoms with Crippen LogP contribution in [0.5, 0.6) is 0 Å². The third-order valence-electron chi connectivity index (χ3n) is 4.66. The van der Waals surface area contributed by atoms with Gasteiger partial charge in [0.25, 0.3) is 0 Å². The number of hydrogen-bond donors (Lipinski definition) is 1. The van der Waals surface area contributed by atoms with Gasteiger partial charge in [-0.1, -0.05) is 16.8 Å². The predicted octanol–water partition coefficient (Wildman–Crippen LogP) is 3.41. The van der Waals surface area contributed by atoms with Crippen LogP contribution < -0.4 is 5.32 Å². The number of nitrogens with zero attached hydrogens (tertiary/aromatic N) is 4. The zero-order valence-corrected chi connectivity index (χ0v) is 16.9. The van der Waals surface area contributed by atoms with Gasteiger partial charge in [-0.15, -0.1) is 11.3 Å². The fraction of sp³-hybridized carbons (Fsp3) is 0.316. The monoisotopic (exact) mass is 431 g/mol. The lowest BCUT2D eigenvalue weighted by Crippen LogP contribution is -2.43. The van der Waals surface area contributed by atoms with E-state index in [-0.39, 0.29) is 18.2 Å². The minimum absolute atomic E-state index is 0.104. The molecule has 0 aliphatic carbocycles. The Morgan fingerprint density at radius 3 is 2.90 bits per heavy atom. The Bertz CT molecular complexity index is 990. The van der Waals surface area contributed by atoms with Crippen molar-refractivity contribution < 1.29 is 14.1 Å². The molecule has 1 saturated heterocycles. The van der Waals surface area contributed by atoms with E-state index in [2.05, 4.69) is 20.4 Å². The van der Waals surface area contributed by atoms with Gasteiger partial charge in [-0.05, 0) is 37.1 Å². The SMILES string of the molecule is O=C(Nc1nccs1)C1CCCN1C(=O)CCc1nc(-c2ccc(Cl)cc2)no1. The lowest BCUT2D eigenvalue weighted by Gasteiger charge is -2.23. The highest BCUT2D eigenvalue weighted by Gasteiger charge is 2.34. The predicted molar refractivity (Wildman–Crippen MR) is 109 cm³/mol. The Kier molecular flexibility index (Phi) is 5.86. The molecule has 2 aromatic heterocycles. The standard InChI is InChI=1S/C19H18ClN5O3S/c20-13-5-3-12(4-6-13)17-22-15(28-24-17)7-8-16(26)25-10-1-2-14(25)18(27)23-19-21-9-11-29-19/h3-6,9,11,14H,1-2,7-8,10H2,(H,21,23,27). The van der Waals surface area contributed by atoms with E-state index < -0.39 is 6.04 Å². The van der Waals surface area contributed by atoms with E-state index in [1.54, 1.807) is 40.7 Å². The van der Waals surface area contributed by atoms with Gasteiger partial charge >= 0.3 is 0 Å². The molecule has 3 aromatic rings. The Morgan fingerprint density at radius 2 is 2.14 bits per heavy atom. The van der Waals surface area contributed by atoms with Crippen LogP contribution in [0.2, 0.25) is 5.02 Å². The molecule has 0 bridgehead atoms. The van der Waals surface area contributed by atoms with E-state index in [4.69, 9.17) is 16.1 Å². The largest absolute Gasteiger partial charge is 0.339 e. The van der Waals surface area contributed by atoms with Gasteiger partial charge in [0, 0.05) is 41.5 Å². The molecule has 0 saturated carbocycles. The molecule has 2 amide bonds. The molecule has 29 heavy (non-hydrogen) atoms. The Balaban J connectivity index is 1.34. The minimum Gasteiger partial charge on any atom is -0.339 e. The molecule has 1 fully saturated rings. The Hall–Kier alpha value is -2.78. The van der Waals surface area contributed by atoms with E-state index in [0.29, 0.717) is 41.3 Å². The first kappa shape index (κ1) is 19.5. The first-order valence-electron chi connectivity index (χ1n) is 9.18. The number of rotatable bonds is 6. The lowest BCUT2D eigenvalue weighted by atomic mass is 10.2. The smallest absolute Gasteiger partial charge is 0.248 e. The van der Waals surface area contributed by atoms with Crippen molar-refractivity contribution in [2.45, 2.75) is 31.7 Å². The van der Waals surface area contributed by atoms with Crippen LogP contribution in [0.1, 0.15) is 25.2 Å². The van der Waals surface area contributed by atoms with E-state index >= 15 is 0 Å². The number of benzene rings is 1. The van der Waals surface area contributed by atoms with Gasteiger partial charge in [-0.2, -0.15) is 4.98 Å². The van der Waals surface area contributed by atoms with Crippen molar-refractivity contribution in [3.63, 3.8) is 0 Å². The van der Waals surface area contributed by atoms with Crippen LogP contribution in [0, 0.1) is 0 Å². The van der Waals surface area contributed by atoms with Crippen molar-refractivity contribution in [3.8, 4) is 11.4 Å². The van der Waals surface area contributed by atoms with E-state index in [1.807, 2.05) is 0 Å². The lowest BCUT2D eigenvalue weighted by molar-refractivity contribution is -0.136. The normalized spacial score (nSPS) is 16.2. The van der Waals surface area contributed by atoms with Crippen LogP contribution in [0.15, 0.2) is 40.4 Å². The van der Waals surface area contributed by atoms with Gasteiger partial charge in [0.15, 0.2) is 5.13 Å². The topological polar surface area (TPSA) is 101 Å². The molecule has 10 heteroatoms. The van der Waals surface area contributed by atoms with Gasteiger partial charge in [0.2, 0.25) is 23.5 Å². The van der Waals surface area contributed by atoms with Gasteiger partial charge in [-0.25, -0.2) is 4.98 Å². The first-order chi connectivity index (χ1) is 14.1. The second-order valence-corrected chi connectivity index (χ2v) is 7.92. The maximum Gasteiger partial charge on any atom is 0.248 e. The summed E-state index contributed by atoms with van der Waals surface area (Å²) in [5, 5.41) is 9.68. The summed E-state index contributed by atoms with van der Waals surface area (Å²) in [5.74, 6) is 0.527. The Morgan fingerprint density at radius 1 is 1.31 bits per heavy atom. The molecular formula is C19H18ClN5O3S. The summed E-state index contributed by atoms with van der Waals surface area (Å²) in [7, 11) is 0. The molecule has 1 aliphatic rings. The van der Waals surface area contributed by atoms with Crippen LogP contribution in [0.3, 0.4) is 0 Å². The number of anilines is 1. The number of aryl methyl sites for hydroxylation is 1. The van der Waals surface area contributed by atoms with Gasteiger partial charge in [0.1, 0.15) is 6.04 Å². The van der Waals surface area contributed by atoms with Gasteiger partial charge in [-0.3, -0.25) is 9.59 Å². The molecule has 1 aliphatic heterocycles. The van der Waals surface area contributed by atoms with Crippen molar-refractivity contribution in [2.75, 3.05) is 11.9 Å². The van der Waals surface area contributed by atoms with Crippen molar-refractivity contribution in [1.29, 1.82) is 0 Å². The molecule has 0 radical (unpaired) electrons. The quantitative estimate of drug-likeness (QED) is 0.641. The number of carbonyl (C=O) groups excluding carboxylic acids is 2. The summed E-state index contributed by atoms with van der Waals surface area (Å²) in [6, 6.07) is 6.64. The second-order valence-electron chi connectivity index (χ2n) is 6.59. The average molecular weight is 432 g/mol. The molecule has 8 nitrogen and oxygen atoms in total. The third-order valence-corrected chi connectivity index (χ3v) is 5.60. The zero-order chi connectivity index (χ0) is 20.2. The minimum atomic E-state index is -0.473. The number of amides is 2. The van der Waals surface area contributed by atoms with Crippen LogP contribution in [0.4, 0.5) is 5.13 Å². The first-order valence-corrected chi connectivity index (χ1v) is 10.4. The fourth-order valence-corrected chi connectivity index (χ4v) is 3.90. The molecule has 1 atom stereocenters. The highest BCUT2D eigenvalue weighted by molar-refractivity contribution is 7.13. The van der Waals surface area contributed by atoms with E-state index in [1.165, 1.54) is 11.3 Å². The number of likely N-dealkylation sites (tertiary alicyclic amines) is 1. The molecule has 3 heterocycles. The number of aromatic nitrogens is 3. The average Bonchev–Trinajstić information content (AvgIpc) is 3.47. The van der Waals surface area contributed by atoms with Crippen LogP contribution >= 0.6 is 22.9 Å². The summed E-state index contributed by atoms with van der Waals surface area (Å²) < 4.78 is 5.26. The number of thiazole rings is 1. The van der Waals surface area contributed by atoms with E-state index in [9.17, 15) is 9.59 Å². The summed E-state index contributed by atoms with van der Waals surface area (Å²) in [6.07, 6.45) is 3.58. The molecule has 150 valence electrons. The maximum absolute atomic E-state index is 12.7. The van der Waals surface area contributed by atoms with Crippen LogP contribution in [-0.2, 0) is 16.0 Å². The summed E-state index contributed by atoms with van der Waals surface area (Å²) in [4.78, 5) is 35.2. The Labute approximate surface area is 175 Å². The van der Waals surface area contributed by atoms with Crippen molar-refractivity contribution in [1.82, 2.24) is 20.0 Å². The molecule has 0 spiro atoms. The maximum atomic E-state index is 12.7. The molecule has 1 N–H and O–H groups in total. The second kappa shape index (κ2) is 8.71. The highest BCUT2D eigenvalue weighted by Crippen LogP contribution is 2.22. The third kappa shape index (κ3) is 4.63. The molecular weight excluding hydrogens is 414 g/mol. The molecule has 4 rings (SSSR count). The van der Waals surface area contributed by atoms with E-state index in [0.717, 1.165) is 12.0 Å². The van der Waals surface area contributed by atoms with Crippen molar-refractivity contribution >= 4 is 39.9 Å². The van der Waals surface area contributed by atoms with Gasteiger partial charge in [0.05, 0.1) is 0 Å². The van der Waals surface area contributed by atoms with Crippen LogP contribution in [0.25, 0.3) is 11.4 Å². The van der Waals surface area contributed by atoms with Gasteiger partial charge < -0.3 is 14.7 Å².